The first-order valence-corrected chi connectivity index (χ1v) is 12.6. The van der Waals surface area contributed by atoms with Crippen LogP contribution in [0.25, 0.3) is 10.9 Å². The molecule has 2 aromatic heterocycles. The Morgan fingerprint density at radius 2 is 2.07 bits per heavy atom. The second-order valence-electron chi connectivity index (χ2n) is 8.61. The number of ketones is 1. The first-order valence-electron chi connectivity index (χ1n) is 9.94. The minimum Gasteiger partial charge on any atom is -0.468 e. The molecule has 1 aliphatic rings. The number of hydrogen-bond acceptors (Lipinski definition) is 5. The van der Waals surface area contributed by atoms with E-state index in [1.807, 2.05) is 18.2 Å². The van der Waals surface area contributed by atoms with Crippen molar-refractivity contribution in [3.05, 3.63) is 53.1 Å². The third-order valence-corrected chi connectivity index (χ3v) is 7.98. The van der Waals surface area contributed by atoms with Crippen LogP contribution in [0.3, 0.4) is 0 Å². The van der Waals surface area contributed by atoms with Crippen LogP contribution in [0.5, 0.6) is 0 Å². The van der Waals surface area contributed by atoms with Crippen molar-refractivity contribution in [2.45, 2.75) is 44.3 Å². The molecule has 6 nitrogen and oxygen atoms in total. The molecule has 0 amide bonds. The fraction of sp³-hybridized carbons (Fsp3) is 0.409. The van der Waals surface area contributed by atoms with Gasteiger partial charge in [-0.3, -0.25) is 4.79 Å². The van der Waals surface area contributed by atoms with E-state index in [-0.39, 0.29) is 16.1 Å². The van der Waals surface area contributed by atoms with Gasteiger partial charge in [-0.25, -0.2) is 13.1 Å². The summed E-state index contributed by atoms with van der Waals surface area (Å²) in [6, 6.07) is 7.21. The second-order valence-corrected chi connectivity index (χ2v) is 11.5. The lowest BCUT2D eigenvalue weighted by Crippen LogP contribution is -2.26. The summed E-state index contributed by atoms with van der Waals surface area (Å²) in [4.78, 5) is 16.3. The quantitative estimate of drug-likeness (QED) is 0.524. The van der Waals surface area contributed by atoms with E-state index < -0.39 is 10.0 Å². The summed E-state index contributed by atoms with van der Waals surface area (Å²) < 4.78 is 33.7. The summed E-state index contributed by atoms with van der Waals surface area (Å²) in [6.45, 7) is 6.26. The molecule has 1 aromatic carbocycles. The minimum atomic E-state index is -3.65. The Morgan fingerprint density at radius 3 is 2.80 bits per heavy atom. The predicted molar refractivity (Wildman–Crippen MR) is 120 cm³/mol. The number of Topliss-reactive ketones (excluding diaryl/α,β-unsaturated/α-hetero) is 1. The molecular weight excluding hydrogens is 420 g/mol. The number of aromatic nitrogens is 1. The molecule has 1 aliphatic carbocycles. The number of carbonyl (C=O) groups is 1. The van der Waals surface area contributed by atoms with E-state index in [4.69, 9.17) is 4.42 Å². The molecule has 0 atom stereocenters. The number of aromatic amines is 1. The molecule has 2 heterocycles. The number of fused-ring (bicyclic) bond motifs is 3. The minimum absolute atomic E-state index is 0.0935. The SMILES string of the molecule is Cc1cc2c3c([nH]c2cc1S(=O)(=O)NCCSCc1ccco1)CC(C)(C)CC3=O. The van der Waals surface area contributed by atoms with Gasteiger partial charge in [0.2, 0.25) is 10.0 Å². The van der Waals surface area contributed by atoms with Gasteiger partial charge in [-0.1, -0.05) is 13.8 Å². The van der Waals surface area contributed by atoms with Gasteiger partial charge in [-0.2, -0.15) is 11.8 Å². The Kier molecular flexibility index (Phi) is 5.59. The summed E-state index contributed by atoms with van der Waals surface area (Å²) in [5.41, 5.74) is 2.87. The van der Waals surface area contributed by atoms with Crippen LogP contribution in [0.1, 0.15) is 47.6 Å². The number of rotatable bonds is 7. The van der Waals surface area contributed by atoms with Crippen LogP contribution in [0.2, 0.25) is 0 Å². The van der Waals surface area contributed by atoms with Gasteiger partial charge in [0.15, 0.2) is 5.78 Å². The molecule has 0 fully saturated rings. The first kappa shape index (κ1) is 21.2. The van der Waals surface area contributed by atoms with Crippen LogP contribution in [0, 0.1) is 12.3 Å². The van der Waals surface area contributed by atoms with Crippen molar-refractivity contribution in [2.24, 2.45) is 5.41 Å². The number of hydrogen-bond donors (Lipinski definition) is 2. The predicted octanol–water partition coefficient (Wildman–Crippen LogP) is 4.44. The van der Waals surface area contributed by atoms with Crippen molar-refractivity contribution in [3.8, 4) is 0 Å². The molecule has 0 radical (unpaired) electrons. The zero-order valence-corrected chi connectivity index (χ0v) is 19.0. The van der Waals surface area contributed by atoms with Crippen molar-refractivity contribution >= 4 is 38.5 Å². The van der Waals surface area contributed by atoms with Crippen molar-refractivity contribution < 1.29 is 17.6 Å². The zero-order chi connectivity index (χ0) is 21.5. The number of nitrogens with one attached hydrogen (secondary N) is 2. The molecule has 0 aliphatic heterocycles. The fourth-order valence-corrected chi connectivity index (χ4v) is 6.25. The fourth-order valence-electron chi connectivity index (χ4n) is 4.08. The van der Waals surface area contributed by atoms with Crippen molar-refractivity contribution in [1.82, 2.24) is 9.71 Å². The summed E-state index contributed by atoms with van der Waals surface area (Å²) in [5.74, 6) is 2.34. The van der Waals surface area contributed by atoms with Gasteiger partial charge < -0.3 is 9.40 Å². The van der Waals surface area contributed by atoms with Crippen LogP contribution in [-0.4, -0.2) is 31.5 Å². The maximum atomic E-state index is 12.9. The second kappa shape index (κ2) is 7.90. The maximum Gasteiger partial charge on any atom is 0.240 e. The lowest BCUT2D eigenvalue weighted by molar-refractivity contribution is 0.0913. The number of thioether (sulfide) groups is 1. The lowest BCUT2D eigenvalue weighted by atomic mass is 9.76. The monoisotopic (exact) mass is 446 g/mol. The van der Waals surface area contributed by atoms with E-state index in [1.165, 1.54) is 0 Å². The molecule has 8 heteroatoms. The molecule has 0 unspecified atom stereocenters. The Morgan fingerprint density at radius 1 is 1.27 bits per heavy atom. The van der Waals surface area contributed by atoms with Gasteiger partial charge in [0.05, 0.1) is 16.9 Å². The average Bonchev–Trinajstić information content (AvgIpc) is 3.26. The molecule has 4 rings (SSSR count). The molecule has 30 heavy (non-hydrogen) atoms. The number of sulfonamides is 1. The van der Waals surface area contributed by atoms with Crippen LogP contribution >= 0.6 is 11.8 Å². The van der Waals surface area contributed by atoms with Crippen molar-refractivity contribution in [2.75, 3.05) is 12.3 Å². The molecule has 0 saturated heterocycles. The van der Waals surface area contributed by atoms with E-state index >= 15 is 0 Å². The van der Waals surface area contributed by atoms with Gasteiger partial charge in [0.25, 0.3) is 0 Å². The summed E-state index contributed by atoms with van der Waals surface area (Å²) in [5, 5.41) is 0.816. The van der Waals surface area contributed by atoms with Gasteiger partial charge in [0, 0.05) is 40.9 Å². The van der Waals surface area contributed by atoms with Crippen LogP contribution in [-0.2, 0) is 22.2 Å². The Labute approximate surface area is 180 Å². The summed E-state index contributed by atoms with van der Waals surface area (Å²) in [7, 11) is -3.65. The Bertz CT molecular complexity index is 1190. The molecule has 3 aromatic rings. The van der Waals surface area contributed by atoms with E-state index in [2.05, 4.69) is 23.6 Å². The highest BCUT2D eigenvalue weighted by Gasteiger charge is 2.34. The van der Waals surface area contributed by atoms with Crippen molar-refractivity contribution in [3.63, 3.8) is 0 Å². The maximum absolute atomic E-state index is 12.9. The van der Waals surface area contributed by atoms with Crippen LogP contribution in [0.4, 0.5) is 0 Å². The highest BCUT2D eigenvalue weighted by Crippen LogP contribution is 2.38. The third kappa shape index (κ3) is 4.22. The Hall–Kier alpha value is -2.03. The molecule has 2 N–H and O–H groups in total. The smallest absolute Gasteiger partial charge is 0.240 e. The van der Waals surface area contributed by atoms with Gasteiger partial charge in [0.1, 0.15) is 5.76 Å². The number of benzene rings is 1. The number of furan rings is 1. The molecule has 0 saturated carbocycles. The van der Waals surface area contributed by atoms with Crippen LogP contribution < -0.4 is 4.72 Å². The van der Waals surface area contributed by atoms with E-state index in [0.29, 0.717) is 35.6 Å². The first-order chi connectivity index (χ1) is 14.2. The van der Waals surface area contributed by atoms with Gasteiger partial charge in [-0.05, 0) is 48.6 Å². The average molecular weight is 447 g/mol. The number of H-pyrrole nitrogens is 1. The molecule has 0 bridgehead atoms. The molecule has 0 spiro atoms. The van der Waals surface area contributed by atoms with E-state index in [1.54, 1.807) is 31.0 Å². The zero-order valence-electron chi connectivity index (χ0n) is 17.4. The third-order valence-electron chi connectivity index (χ3n) is 5.40. The summed E-state index contributed by atoms with van der Waals surface area (Å²) in [6.07, 6.45) is 2.91. The summed E-state index contributed by atoms with van der Waals surface area (Å²) >= 11 is 1.61. The van der Waals surface area contributed by atoms with Gasteiger partial charge >= 0.3 is 0 Å². The van der Waals surface area contributed by atoms with Crippen molar-refractivity contribution in [1.29, 1.82) is 0 Å². The standard InChI is InChI=1S/C22H26N2O4S2/c1-14-9-16-17(24-18-11-22(2,3)12-19(25)21(16)18)10-20(14)30(26,27)23-6-8-29-13-15-5-4-7-28-15/h4-5,7,9-10,23-24H,6,8,11-13H2,1-3H3. The topological polar surface area (TPSA) is 92.2 Å². The lowest BCUT2D eigenvalue weighted by Gasteiger charge is -2.28. The number of aryl methyl sites for hydroxylation is 1. The van der Waals surface area contributed by atoms with E-state index in [9.17, 15) is 13.2 Å². The largest absolute Gasteiger partial charge is 0.468 e. The molecular formula is C22H26N2O4S2. The highest BCUT2D eigenvalue weighted by molar-refractivity contribution is 7.98. The van der Waals surface area contributed by atoms with E-state index in [0.717, 1.165) is 28.8 Å². The Balaban J connectivity index is 1.52. The number of carbonyl (C=O) groups excluding carboxylic acids is 1. The molecule has 160 valence electrons. The normalized spacial score (nSPS) is 16.2. The van der Waals surface area contributed by atoms with Gasteiger partial charge in [-0.15, -0.1) is 0 Å². The van der Waals surface area contributed by atoms with Crippen LogP contribution in [0.15, 0.2) is 39.8 Å². The highest BCUT2D eigenvalue weighted by atomic mass is 32.2.